The van der Waals surface area contributed by atoms with E-state index in [4.69, 9.17) is 17.0 Å². The fourth-order valence-corrected chi connectivity index (χ4v) is 2.35. The van der Waals surface area contributed by atoms with E-state index in [2.05, 4.69) is 26.6 Å². The maximum absolute atomic E-state index is 12.1. The number of ether oxygens (including phenoxy) is 1. The molecule has 2 aromatic carbocycles. The first kappa shape index (κ1) is 15.5. The lowest BCUT2D eigenvalue weighted by Crippen LogP contribution is -2.34. The van der Waals surface area contributed by atoms with Crippen molar-refractivity contribution in [1.29, 1.82) is 0 Å². The summed E-state index contributed by atoms with van der Waals surface area (Å²) in [6.45, 7) is 0. The fraction of sp³-hybridized carbons (Fsp3) is 0.0667. The van der Waals surface area contributed by atoms with Crippen LogP contribution in [-0.2, 0) is 0 Å². The molecule has 0 fully saturated rings. The summed E-state index contributed by atoms with van der Waals surface area (Å²) in [5.74, 6) is 0.433. The molecule has 0 saturated carbocycles. The SMILES string of the molecule is COc1cccc(NC(=S)NC(=O)c2ccccc2Br)c1. The summed E-state index contributed by atoms with van der Waals surface area (Å²) in [5.41, 5.74) is 1.26. The summed E-state index contributed by atoms with van der Waals surface area (Å²) in [4.78, 5) is 12.1. The Kier molecular flexibility index (Phi) is 5.30. The zero-order valence-electron chi connectivity index (χ0n) is 11.2. The molecule has 21 heavy (non-hydrogen) atoms. The van der Waals surface area contributed by atoms with Gasteiger partial charge < -0.3 is 10.1 Å². The zero-order valence-corrected chi connectivity index (χ0v) is 13.6. The first-order chi connectivity index (χ1) is 10.1. The van der Waals surface area contributed by atoms with E-state index in [1.54, 1.807) is 31.4 Å². The van der Waals surface area contributed by atoms with Gasteiger partial charge in [-0.1, -0.05) is 18.2 Å². The Labute approximate surface area is 136 Å². The molecule has 0 radical (unpaired) electrons. The van der Waals surface area contributed by atoms with Gasteiger partial charge in [-0.15, -0.1) is 0 Å². The molecular formula is C15H13BrN2O2S. The van der Waals surface area contributed by atoms with Gasteiger partial charge in [-0.05, 0) is 52.4 Å². The Morgan fingerprint density at radius 1 is 1.19 bits per heavy atom. The van der Waals surface area contributed by atoms with E-state index >= 15 is 0 Å². The smallest absolute Gasteiger partial charge is 0.258 e. The molecule has 2 N–H and O–H groups in total. The Morgan fingerprint density at radius 2 is 1.95 bits per heavy atom. The molecule has 0 aliphatic heterocycles. The lowest BCUT2D eigenvalue weighted by Gasteiger charge is -2.11. The van der Waals surface area contributed by atoms with Crippen molar-refractivity contribution < 1.29 is 9.53 Å². The minimum Gasteiger partial charge on any atom is -0.497 e. The number of amides is 1. The number of benzene rings is 2. The van der Waals surface area contributed by atoms with E-state index in [-0.39, 0.29) is 11.0 Å². The van der Waals surface area contributed by atoms with Crippen LogP contribution in [-0.4, -0.2) is 18.1 Å². The van der Waals surface area contributed by atoms with Gasteiger partial charge in [0.05, 0.1) is 12.7 Å². The van der Waals surface area contributed by atoms with Crippen LogP contribution in [0.3, 0.4) is 0 Å². The maximum Gasteiger partial charge on any atom is 0.258 e. The lowest BCUT2D eigenvalue weighted by molar-refractivity contribution is 0.0977. The van der Waals surface area contributed by atoms with Crippen LogP contribution in [0.2, 0.25) is 0 Å². The Bertz CT molecular complexity index is 676. The second-order valence-corrected chi connectivity index (χ2v) is 5.38. The van der Waals surface area contributed by atoms with Gasteiger partial charge in [0.2, 0.25) is 0 Å². The minimum absolute atomic E-state index is 0.226. The molecule has 2 rings (SSSR count). The maximum atomic E-state index is 12.1. The van der Waals surface area contributed by atoms with Crippen molar-refractivity contribution in [3.63, 3.8) is 0 Å². The second-order valence-electron chi connectivity index (χ2n) is 4.12. The molecule has 0 unspecified atom stereocenters. The summed E-state index contributed by atoms with van der Waals surface area (Å²) >= 11 is 8.47. The number of hydrogen-bond acceptors (Lipinski definition) is 3. The van der Waals surface area contributed by atoms with Gasteiger partial charge in [0.25, 0.3) is 5.91 Å². The molecule has 0 aliphatic carbocycles. The number of thiocarbonyl (C=S) groups is 1. The molecule has 0 bridgehead atoms. The van der Waals surface area contributed by atoms with Gasteiger partial charge in [0, 0.05) is 16.2 Å². The molecule has 0 aromatic heterocycles. The van der Waals surface area contributed by atoms with Crippen LogP contribution < -0.4 is 15.4 Å². The van der Waals surface area contributed by atoms with Crippen LogP contribution in [0.5, 0.6) is 5.75 Å². The van der Waals surface area contributed by atoms with Crippen LogP contribution in [0, 0.1) is 0 Å². The summed E-state index contributed by atoms with van der Waals surface area (Å²) < 4.78 is 5.84. The number of rotatable bonds is 3. The average Bonchev–Trinajstić information content (AvgIpc) is 2.47. The average molecular weight is 365 g/mol. The van der Waals surface area contributed by atoms with E-state index in [0.717, 1.165) is 5.69 Å². The molecule has 6 heteroatoms. The highest BCUT2D eigenvalue weighted by atomic mass is 79.9. The van der Waals surface area contributed by atoms with E-state index in [9.17, 15) is 4.79 Å². The van der Waals surface area contributed by atoms with Crippen molar-refractivity contribution in [3.05, 3.63) is 58.6 Å². The van der Waals surface area contributed by atoms with Crippen molar-refractivity contribution in [2.75, 3.05) is 12.4 Å². The highest BCUT2D eigenvalue weighted by Gasteiger charge is 2.10. The van der Waals surface area contributed by atoms with Crippen molar-refractivity contribution in [2.45, 2.75) is 0 Å². The third-order valence-corrected chi connectivity index (χ3v) is 3.57. The molecule has 0 saturated heterocycles. The van der Waals surface area contributed by atoms with Crippen molar-refractivity contribution in [1.82, 2.24) is 5.32 Å². The highest BCUT2D eigenvalue weighted by molar-refractivity contribution is 9.10. The van der Waals surface area contributed by atoms with Crippen molar-refractivity contribution in [2.24, 2.45) is 0 Å². The number of carbonyl (C=O) groups is 1. The molecule has 4 nitrogen and oxygen atoms in total. The third kappa shape index (κ3) is 4.27. The van der Waals surface area contributed by atoms with Gasteiger partial charge in [-0.25, -0.2) is 0 Å². The third-order valence-electron chi connectivity index (χ3n) is 2.67. The topological polar surface area (TPSA) is 50.4 Å². The van der Waals surface area contributed by atoms with Crippen molar-refractivity contribution >= 4 is 44.9 Å². The summed E-state index contributed by atoms with van der Waals surface area (Å²) in [7, 11) is 1.59. The van der Waals surface area contributed by atoms with Crippen molar-refractivity contribution in [3.8, 4) is 5.75 Å². The monoisotopic (exact) mass is 364 g/mol. The van der Waals surface area contributed by atoms with Gasteiger partial charge >= 0.3 is 0 Å². The van der Waals surface area contributed by atoms with Crippen LogP contribution in [0.25, 0.3) is 0 Å². The molecule has 0 heterocycles. The summed E-state index contributed by atoms with van der Waals surface area (Å²) in [6, 6.07) is 14.4. The van der Waals surface area contributed by atoms with Gasteiger partial charge in [0.15, 0.2) is 5.11 Å². The molecular weight excluding hydrogens is 352 g/mol. The standard InChI is InChI=1S/C15H13BrN2O2S/c1-20-11-6-4-5-10(9-11)17-15(21)18-14(19)12-7-2-3-8-13(12)16/h2-9H,1H3,(H2,17,18,19,21). The molecule has 0 aliphatic rings. The van der Waals surface area contributed by atoms with Crippen LogP contribution in [0.1, 0.15) is 10.4 Å². The minimum atomic E-state index is -0.275. The molecule has 1 amide bonds. The first-order valence-electron chi connectivity index (χ1n) is 6.11. The van der Waals surface area contributed by atoms with E-state index in [1.165, 1.54) is 0 Å². The molecule has 2 aromatic rings. The van der Waals surface area contributed by atoms with Gasteiger partial charge in [-0.2, -0.15) is 0 Å². The number of carbonyl (C=O) groups excluding carboxylic acids is 1. The molecule has 0 spiro atoms. The normalized spacial score (nSPS) is 9.81. The van der Waals surface area contributed by atoms with E-state index < -0.39 is 0 Å². The van der Waals surface area contributed by atoms with Crippen LogP contribution >= 0.6 is 28.1 Å². The number of nitrogens with one attached hydrogen (secondary N) is 2. The Balaban J connectivity index is 2.01. The quantitative estimate of drug-likeness (QED) is 0.817. The van der Waals surface area contributed by atoms with Crippen LogP contribution in [0.4, 0.5) is 5.69 Å². The number of methoxy groups -OCH3 is 1. The number of hydrogen-bond donors (Lipinski definition) is 2. The first-order valence-corrected chi connectivity index (χ1v) is 7.31. The predicted octanol–water partition coefficient (Wildman–Crippen LogP) is 3.58. The predicted molar refractivity (Wildman–Crippen MR) is 90.8 cm³/mol. The van der Waals surface area contributed by atoms with Gasteiger partial charge in [0.1, 0.15) is 5.75 Å². The Morgan fingerprint density at radius 3 is 2.67 bits per heavy atom. The molecule has 0 atom stereocenters. The second kappa shape index (κ2) is 7.19. The lowest BCUT2D eigenvalue weighted by atomic mass is 10.2. The zero-order chi connectivity index (χ0) is 15.2. The molecule has 108 valence electrons. The van der Waals surface area contributed by atoms with Crippen LogP contribution in [0.15, 0.2) is 53.0 Å². The largest absolute Gasteiger partial charge is 0.497 e. The Hall–Kier alpha value is -1.92. The summed E-state index contributed by atoms with van der Waals surface area (Å²) in [5, 5.41) is 5.80. The highest BCUT2D eigenvalue weighted by Crippen LogP contribution is 2.17. The number of halogens is 1. The van der Waals surface area contributed by atoms with Gasteiger partial charge in [-0.3, -0.25) is 10.1 Å². The fourth-order valence-electron chi connectivity index (χ4n) is 1.68. The summed E-state index contributed by atoms with van der Waals surface area (Å²) in [6.07, 6.45) is 0. The van der Waals surface area contributed by atoms with E-state index in [1.807, 2.05) is 24.3 Å². The van der Waals surface area contributed by atoms with E-state index in [0.29, 0.717) is 15.8 Å². The number of anilines is 1.